The van der Waals surface area contributed by atoms with Crippen molar-refractivity contribution in [2.75, 3.05) is 18.1 Å². The van der Waals surface area contributed by atoms with Crippen LogP contribution in [0.3, 0.4) is 0 Å². The highest BCUT2D eigenvalue weighted by molar-refractivity contribution is 7.91. The zero-order valence-electron chi connectivity index (χ0n) is 14.1. The Bertz CT molecular complexity index is 904. The largest absolute Gasteiger partial charge is 0.352 e. The molecule has 8 heteroatoms. The monoisotopic (exact) mass is 381 g/mol. The van der Waals surface area contributed by atoms with Gasteiger partial charge in [-0.1, -0.05) is 11.6 Å². The summed E-state index contributed by atoms with van der Waals surface area (Å²) in [6.45, 7) is 4.11. The molecule has 1 N–H and O–H groups in total. The highest BCUT2D eigenvalue weighted by Gasteiger charge is 2.28. The minimum atomic E-state index is -2.92. The number of amides is 1. The molecule has 2 heterocycles. The third-order valence-electron chi connectivity index (χ3n) is 4.46. The molecule has 134 valence electrons. The summed E-state index contributed by atoms with van der Waals surface area (Å²) in [6, 6.07) is 7.07. The lowest BCUT2D eigenvalue weighted by Gasteiger charge is -2.10. The van der Waals surface area contributed by atoms with E-state index in [1.54, 1.807) is 16.8 Å². The van der Waals surface area contributed by atoms with Crippen molar-refractivity contribution in [1.29, 1.82) is 0 Å². The van der Waals surface area contributed by atoms with Gasteiger partial charge in [-0.25, -0.2) is 13.1 Å². The Kier molecular flexibility index (Phi) is 4.88. The molecule has 1 aliphatic rings. The van der Waals surface area contributed by atoms with Crippen LogP contribution in [0.4, 0.5) is 0 Å². The van der Waals surface area contributed by atoms with Crippen LogP contribution in [0.1, 0.15) is 28.2 Å². The number of halogens is 1. The van der Waals surface area contributed by atoms with Crippen molar-refractivity contribution in [3.8, 4) is 5.69 Å². The molecule has 1 aliphatic heterocycles. The molecule has 1 amide bonds. The molecule has 0 aliphatic carbocycles. The fraction of sp³-hybridized carbons (Fsp3) is 0.412. The van der Waals surface area contributed by atoms with Crippen molar-refractivity contribution in [1.82, 2.24) is 15.1 Å². The molecule has 25 heavy (non-hydrogen) atoms. The van der Waals surface area contributed by atoms with Crippen LogP contribution in [0.2, 0.25) is 5.02 Å². The van der Waals surface area contributed by atoms with E-state index in [9.17, 15) is 13.2 Å². The summed E-state index contributed by atoms with van der Waals surface area (Å²) >= 11 is 6.16. The standard InChI is InChI=1S/C17H20ClN3O3S/c1-11-16(18)12(2)21(20-11)15-5-3-14(4-6-15)17(22)19-9-13-7-8-25(23,24)10-13/h3-6,13H,7-10H2,1-2H3,(H,19,22). The van der Waals surface area contributed by atoms with E-state index < -0.39 is 9.84 Å². The van der Waals surface area contributed by atoms with E-state index >= 15 is 0 Å². The maximum atomic E-state index is 12.2. The second-order valence-corrected chi connectivity index (χ2v) is 9.03. The number of sulfone groups is 1. The van der Waals surface area contributed by atoms with Gasteiger partial charge in [-0.3, -0.25) is 4.79 Å². The normalized spacial score (nSPS) is 19.1. The molecule has 3 rings (SSSR count). The maximum Gasteiger partial charge on any atom is 0.251 e. The number of hydrogen-bond donors (Lipinski definition) is 1. The first-order valence-electron chi connectivity index (χ1n) is 8.07. The maximum absolute atomic E-state index is 12.2. The average Bonchev–Trinajstić information content (AvgIpc) is 3.06. The van der Waals surface area contributed by atoms with Gasteiger partial charge in [0.1, 0.15) is 0 Å². The van der Waals surface area contributed by atoms with Gasteiger partial charge in [-0.15, -0.1) is 0 Å². The van der Waals surface area contributed by atoms with E-state index in [1.807, 2.05) is 26.0 Å². The zero-order chi connectivity index (χ0) is 18.2. The first-order chi connectivity index (χ1) is 11.8. The third kappa shape index (κ3) is 3.88. The number of carbonyl (C=O) groups is 1. The summed E-state index contributed by atoms with van der Waals surface area (Å²) in [5.41, 5.74) is 2.95. The Morgan fingerprint density at radius 1 is 1.32 bits per heavy atom. The SMILES string of the molecule is Cc1nn(-c2ccc(C(=O)NCC3CCS(=O)(=O)C3)cc2)c(C)c1Cl. The number of rotatable bonds is 4. The van der Waals surface area contributed by atoms with Crippen LogP contribution < -0.4 is 5.32 Å². The Hall–Kier alpha value is -1.86. The first-order valence-corrected chi connectivity index (χ1v) is 10.3. The Morgan fingerprint density at radius 3 is 2.52 bits per heavy atom. The molecule has 6 nitrogen and oxygen atoms in total. The number of hydrogen-bond acceptors (Lipinski definition) is 4. The molecule has 1 fully saturated rings. The second-order valence-electron chi connectivity index (χ2n) is 6.42. The predicted molar refractivity (Wildman–Crippen MR) is 97.1 cm³/mol. The molecule has 0 radical (unpaired) electrons. The number of aryl methyl sites for hydroxylation is 1. The number of nitrogens with zero attached hydrogens (tertiary/aromatic N) is 2. The molecule has 1 aromatic carbocycles. The van der Waals surface area contributed by atoms with Crippen LogP contribution in [0.15, 0.2) is 24.3 Å². The smallest absolute Gasteiger partial charge is 0.251 e. The topological polar surface area (TPSA) is 81.1 Å². The van der Waals surface area contributed by atoms with Gasteiger partial charge in [-0.05, 0) is 50.5 Å². The van der Waals surface area contributed by atoms with Gasteiger partial charge in [0.05, 0.1) is 33.6 Å². The van der Waals surface area contributed by atoms with E-state index in [0.717, 1.165) is 17.1 Å². The van der Waals surface area contributed by atoms with Gasteiger partial charge in [0.15, 0.2) is 9.84 Å². The van der Waals surface area contributed by atoms with E-state index in [1.165, 1.54) is 0 Å². The molecule has 0 bridgehead atoms. The lowest BCUT2D eigenvalue weighted by Crippen LogP contribution is -2.29. The van der Waals surface area contributed by atoms with E-state index in [4.69, 9.17) is 11.6 Å². The summed E-state index contributed by atoms with van der Waals surface area (Å²) in [6.07, 6.45) is 0.611. The minimum Gasteiger partial charge on any atom is -0.352 e. The van der Waals surface area contributed by atoms with Crippen LogP contribution in [0, 0.1) is 19.8 Å². The fourth-order valence-corrected chi connectivity index (χ4v) is 4.98. The molecule has 0 saturated carbocycles. The number of nitrogens with one attached hydrogen (secondary N) is 1. The summed E-state index contributed by atoms with van der Waals surface area (Å²) in [5, 5.41) is 7.83. The van der Waals surface area contributed by atoms with E-state index in [2.05, 4.69) is 10.4 Å². The Balaban J connectivity index is 1.65. The second kappa shape index (κ2) is 6.80. The number of aromatic nitrogens is 2. The van der Waals surface area contributed by atoms with Gasteiger partial charge < -0.3 is 5.32 Å². The van der Waals surface area contributed by atoms with Crippen molar-refractivity contribution < 1.29 is 13.2 Å². The average molecular weight is 382 g/mol. The minimum absolute atomic E-state index is 0.00469. The van der Waals surface area contributed by atoms with E-state index in [-0.39, 0.29) is 23.3 Å². The van der Waals surface area contributed by atoms with Crippen molar-refractivity contribution in [2.45, 2.75) is 20.3 Å². The lowest BCUT2D eigenvalue weighted by molar-refractivity contribution is 0.0948. The molecular weight excluding hydrogens is 362 g/mol. The molecule has 0 spiro atoms. The molecule has 1 saturated heterocycles. The van der Waals surface area contributed by atoms with Gasteiger partial charge in [-0.2, -0.15) is 5.10 Å². The fourth-order valence-electron chi connectivity index (χ4n) is 3.00. The van der Waals surface area contributed by atoms with Gasteiger partial charge >= 0.3 is 0 Å². The van der Waals surface area contributed by atoms with Crippen LogP contribution in [-0.2, 0) is 9.84 Å². The zero-order valence-corrected chi connectivity index (χ0v) is 15.7. The molecular formula is C17H20ClN3O3S. The Morgan fingerprint density at radius 2 is 2.00 bits per heavy atom. The highest BCUT2D eigenvalue weighted by atomic mass is 35.5. The number of benzene rings is 1. The van der Waals surface area contributed by atoms with Crippen LogP contribution in [0.5, 0.6) is 0 Å². The molecule has 1 atom stereocenters. The molecule has 1 aromatic heterocycles. The summed E-state index contributed by atoms with van der Waals surface area (Å²) in [7, 11) is -2.92. The lowest BCUT2D eigenvalue weighted by atomic mass is 10.1. The summed E-state index contributed by atoms with van der Waals surface area (Å²) in [4.78, 5) is 12.2. The van der Waals surface area contributed by atoms with Gasteiger partial charge in [0, 0.05) is 12.1 Å². The molecule has 2 aromatic rings. The third-order valence-corrected chi connectivity index (χ3v) is 6.84. The molecule has 1 unspecified atom stereocenters. The first kappa shape index (κ1) is 17.9. The van der Waals surface area contributed by atoms with Gasteiger partial charge in [0.2, 0.25) is 0 Å². The summed E-state index contributed by atoms with van der Waals surface area (Å²) in [5.74, 6) is 0.172. The summed E-state index contributed by atoms with van der Waals surface area (Å²) < 4.78 is 24.6. The highest BCUT2D eigenvalue weighted by Crippen LogP contribution is 2.22. The van der Waals surface area contributed by atoms with Crippen LogP contribution in [0.25, 0.3) is 5.69 Å². The van der Waals surface area contributed by atoms with Crippen molar-refractivity contribution in [3.63, 3.8) is 0 Å². The van der Waals surface area contributed by atoms with Crippen molar-refractivity contribution >= 4 is 27.3 Å². The van der Waals surface area contributed by atoms with Gasteiger partial charge in [0.25, 0.3) is 5.91 Å². The van der Waals surface area contributed by atoms with Crippen LogP contribution >= 0.6 is 11.6 Å². The predicted octanol–water partition coefficient (Wildman–Crippen LogP) is 2.31. The Labute approximate surface area is 152 Å². The van der Waals surface area contributed by atoms with Crippen molar-refractivity contribution in [3.05, 3.63) is 46.2 Å². The quantitative estimate of drug-likeness (QED) is 0.881. The number of carbonyl (C=O) groups excluding carboxylic acids is 1. The van der Waals surface area contributed by atoms with Crippen LogP contribution in [-0.4, -0.2) is 42.2 Å². The van der Waals surface area contributed by atoms with E-state index in [0.29, 0.717) is 23.6 Å². The van der Waals surface area contributed by atoms with Crippen molar-refractivity contribution in [2.24, 2.45) is 5.92 Å².